The van der Waals surface area contributed by atoms with Crippen molar-refractivity contribution in [2.45, 2.75) is 72.3 Å². The number of phenolic OH excluding ortho intramolecular Hbond substituents is 1. The molecule has 0 aromatic heterocycles. The molecule has 1 unspecified atom stereocenters. The minimum absolute atomic E-state index is 0.0845. The molecule has 1 rings (SSSR count). The van der Waals surface area contributed by atoms with Gasteiger partial charge in [0, 0.05) is 0 Å². The molecule has 0 saturated carbocycles. The SMILES string of the molecule is C=C(CCC)/C(=C/CO)C(O)CC/C(=C/c1cc(C)c(O)c(C)c1)CCC. The predicted octanol–water partition coefficient (Wildman–Crippen LogP) is 5.61. The predicted molar refractivity (Wildman–Crippen MR) is 115 cm³/mol. The lowest BCUT2D eigenvalue weighted by Gasteiger charge is -2.18. The number of hydrogen-bond acceptors (Lipinski definition) is 3. The molecular formula is C24H36O3. The molecule has 0 aliphatic rings. The summed E-state index contributed by atoms with van der Waals surface area (Å²) in [5.74, 6) is 0.354. The van der Waals surface area contributed by atoms with Crippen LogP contribution in [0.25, 0.3) is 6.08 Å². The molecule has 0 saturated heterocycles. The van der Waals surface area contributed by atoms with Crippen molar-refractivity contribution >= 4 is 6.08 Å². The fourth-order valence-electron chi connectivity index (χ4n) is 3.44. The number of hydrogen-bond donors (Lipinski definition) is 3. The van der Waals surface area contributed by atoms with Gasteiger partial charge in [-0.2, -0.15) is 0 Å². The lowest BCUT2D eigenvalue weighted by molar-refractivity contribution is 0.200. The highest BCUT2D eigenvalue weighted by Crippen LogP contribution is 2.27. The van der Waals surface area contributed by atoms with E-state index in [1.807, 2.05) is 26.0 Å². The molecule has 0 spiro atoms. The third kappa shape index (κ3) is 7.36. The van der Waals surface area contributed by atoms with Crippen LogP contribution in [0.2, 0.25) is 0 Å². The van der Waals surface area contributed by atoms with Crippen molar-refractivity contribution in [3.8, 4) is 5.75 Å². The average Bonchev–Trinajstić information content (AvgIpc) is 2.62. The Kier molecular flexibility index (Phi) is 10.1. The van der Waals surface area contributed by atoms with Crippen LogP contribution in [0.15, 0.2) is 41.5 Å². The van der Waals surface area contributed by atoms with Crippen LogP contribution in [0.4, 0.5) is 0 Å². The van der Waals surface area contributed by atoms with Crippen LogP contribution < -0.4 is 0 Å². The van der Waals surface area contributed by atoms with Crippen LogP contribution in [0.5, 0.6) is 5.75 Å². The van der Waals surface area contributed by atoms with Crippen molar-refractivity contribution in [1.82, 2.24) is 0 Å². The van der Waals surface area contributed by atoms with Gasteiger partial charge in [-0.15, -0.1) is 0 Å². The average molecular weight is 373 g/mol. The van der Waals surface area contributed by atoms with E-state index in [9.17, 15) is 15.3 Å². The van der Waals surface area contributed by atoms with Gasteiger partial charge in [0.2, 0.25) is 0 Å². The molecule has 0 radical (unpaired) electrons. The lowest BCUT2D eigenvalue weighted by atomic mass is 9.92. The maximum absolute atomic E-state index is 10.6. The molecule has 3 nitrogen and oxygen atoms in total. The fourth-order valence-corrected chi connectivity index (χ4v) is 3.44. The van der Waals surface area contributed by atoms with Crippen molar-refractivity contribution in [3.05, 3.63) is 58.2 Å². The molecule has 150 valence electrons. The number of phenols is 1. The van der Waals surface area contributed by atoms with Gasteiger partial charge in [-0.3, -0.25) is 0 Å². The minimum atomic E-state index is -0.611. The largest absolute Gasteiger partial charge is 0.507 e. The Morgan fingerprint density at radius 1 is 1.07 bits per heavy atom. The molecular weight excluding hydrogens is 336 g/mol. The van der Waals surface area contributed by atoms with Gasteiger partial charge in [-0.1, -0.05) is 51.0 Å². The Morgan fingerprint density at radius 3 is 2.19 bits per heavy atom. The van der Waals surface area contributed by atoms with E-state index in [2.05, 4.69) is 26.5 Å². The van der Waals surface area contributed by atoms with Crippen molar-refractivity contribution in [3.63, 3.8) is 0 Å². The fraction of sp³-hybridized carbons (Fsp3) is 0.500. The summed E-state index contributed by atoms with van der Waals surface area (Å²) in [7, 11) is 0. The molecule has 0 heterocycles. The van der Waals surface area contributed by atoms with Crippen molar-refractivity contribution in [1.29, 1.82) is 0 Å². The molecule has 1 atom stereocenters. The van der Waals surface area contributed by atoms with Crippen LogP contribution >= 0.6 is 0 Å². The third-order valence-corrected chi connectivity index (χ3v) is 4.82. The van der Waals surface area contributed by atoms with Crippen LogP contribution in [0, 0.1) is 13.8 Å². The van der Waals surface area contributed by atoms with E-state index in [4.69, 9.17) is 0 Å². The van der Waals surface area contributed by atoms with Crippen molar-refractivity contribution in [2.24, 2.45) is 0 Å². The van der Waals surface area contributed by atoms with Gasteiger partial charge in [0.25, 0.3) is 0 Å². The van der Waals surface area contributed by atoms with Crippen LogP contribution in [-0.2, 0) is 0 Å². The zero-order chi connectivity index (χ0) is 20.4. The number of benzene rings is 1. The van der Waals surface area contributed by atoms with E-state index in [-0.39, 0.29) is 6.61 Å². The molecule has 0 aliphatic heterocycles. The van der Waals surface area contributed by atoms with Gasteiger partial charge in [-0.05, 0) is 79.5 Å². The summed E-state index contributed by atoms with van der Waals surface area (Å²) in [6, 6.07) is 3.99. The highest BCUT2D eigenvalue weighted by molar-refractivity contribution is 5.58. The Balaban J connectivity index is 2.93. The van der Waals surface area contributed by atoms with Gasteiger partial charge in [0.05, 0.1) is 12.7 Å². The zero-order valence-corrected chi connectivity index (χ0v) is 17.4. The number of aromatic hydroxyl groups is 1. The van der Waals surface area contributed by atoms with Crippen molar-refractivity contribution < 1.29 is 15.3 Å². The van der Waals surface area contributed by atoms with E-state index in [0.29, 0.717) is 12.2 Å². The number of allylic oxidation sites excluding steroid dienone is 1. The summed E-state index contributed by atoms with van der Waals surface area (Å²) in [5, 5.41) is 29.9. The molecule has 3 heteroatoms. The van der Waals surface area contributed by atoms with Gasteiger partial charge < -0.3 is 15.3 Å². The van der Waals surface area contributed by atoms with Crippen LogP contribution in [0.3, 0.4) is 0 Å². The number of aliphatic hydroxyl groups excluding tert-OH is 2. The second kappa shape index (κ2) is 11.8. The summed E-state index contributed by atoms with van der Waals surface area (Å²) in [6.45, 7) is 12.0. The second-order valence-electron chi connectivity index (χ2n) is 7.31. The Hall–Kier alpha value is -1.84. The molecule has 1 aromatic rings. The monoisotopic (exact) mass is 372 g/mol. The van der Waals surface area contributed by atoms with Gasteiger partial charge in [0.15, 0.2) is 0 Å². The molecule has 0 aliphatic carbocycles. The van der Waals surface area contributed by atoms with Gasteiger partial charge >= 0.3 is 0 Å². The zero-order valence-electron chi connectivity index (χ0n) is 17.4. The number of aryl methyl sites for hydroxylation is 2. The number of aliphatic hydroxyl groups is 2. The van der Waals surface area contributed by atoms with Crippen molar-refractivity contribution in [2.75, 3.05) is 6.61 Å². The maximum atomic E-state index is 10.6. The highest BCUT2D eigenvalue weighted by Gasteiger charge is 2.14. The molecule has 0 amide bonds. The van der Waals surface area contributed by atoms with E-state index in [1.54, 1.807) is 6.08 Å². The smallest absolute Gasteiger partial charge is 0.121 e. The maximum Gasteiger partial charge on any atom is 0.121 e. The Bertz CT molecular complexity index is 660. The molecule has 0 bridgehead atoms. The normalized spacial score (nSPS) is 13.7. The van der Waals surface area contributed by atoms with E-state index >= 15 is 0 Å². The summed E-state index contributed by atoms with van der Waals surface area (Å²) < 4.78 is 0. The summed E-state index contributed by atoms with van der Waals surface area (Å²) in [5.41, 5.74) is 5.80. The first kappa shape index (κ1) is 23.2. The molecule has 27 heavy (non-hydrogen) atoms. The van der Waals surface area contributed by atoms with Gasteiger partial charge in [-0.25, -0.2) is 0 Å². The third-order valence-electron chi connectivity index (χ3n) is 4.82. The summed E-state index contributed by atoms with van der Waals surface area (Å²) >= 11 is 0. The topological polar surface area (TPSA) is 60.7 Å². The minimum Gasteiger partial charge on any atom is -0.507 e. The standard InChI is InChI=1S/C24H36O3/c1-6-8-17(3)22(12-13-25)23(26)11-10-20(9-7-2)16-21-14-18(4)24(27)19(5)15-21/h12,14-16,23,25-27H,3,6-11,13H2,1-2,4-5H3/b20-16+,22-12-. The Labute approximate surface area is 164 Å². The van der Waals surface area contributed by atoms with E-state index in [0.717, 1.165) is 59.9 Å². The van der Waals surface area contributed by atoms with E-state index in [1.165, 1.54) is 5.57 Å². The first-order valence-corrected chi connectivity index (χ1v) is 10.0. The first-order chi connectivity index (χ1) is 12.8. The quantitative estimate of drug-likeness (QED) is 0.443. The lowest BCUT2D eigenvalue weighted by Crippen LogP contribution is -2.13. The van der Waals surface area contributed by atoms with Crippen LogP contribution in [0.1, 0.15) is 69.1 Å². The van der Waals surface area contributed by atoms with Gasteiger partial charge in [0.1, 0.15) is 5.75 Å². The first-order valence-electron chi connectivity index (χ1n) is 10.0. The molecule has 3 N–H and O–H groups in total. The highest BCUT2D eigenvalue weighted by atomic mass is 16.3. The van der Waals surface area contributed by atoms with E-state index < -0.39 is 6.10 Å². The summed E-state index contributed by atoms with van der Waals surface area (Å²) in [4.78, 5) is 0. The molecule has 0 fully saturated rings. The Morgan fingerprint density at radius 2 is 1.67 bits per heavy atom. The summed E-state index contributed by atoms with van der Waals surface area (Å²) in [6.07, 6.45) is 8.44. The van der Waals surface area contributed by atoms with Crippen LogP contribution in [-0.4, -0.2) is 28.0 Å². The molecule has 1 aromatic carbocycles. The number of rotatable bonds is 11. The second-order valence-corrected chi connectivity index (χ2v) is 7.31.